The van der Waals surface area contributed by atoms with E-state index in [1.54, 1.807) is 11.3 Å². The summed E-state index contributed by atoms with van der Waals surface area (Å²) in [5, 5.41) is 3.02. The van der Waals surface area contributed by atoms with E-state index in [-0.39, 0.29) is 22.9 Å². The Hall–Kier alpha value is -2.18. The molecule has 3 rings (SSSR count). The molecule has 0 fully saturated rings. The molecule has 0 radical (unpaired) electrons. The van der Waals surface area contributed by atoms with Gasteiger partial charge in [0.25, 0.3) is 5.91 Å². The van der Waals surface area contributed by atoms with Gasteiger partial charge in [0.15, 0.2) is 12.7 Å². The molecule has 1 amide bonds. The summed E-state index contributed by atoms with van der Waals surface area (Å²) in [7, 11) is 0. The lowest BCUT2D eigenvalue weighted by molar-refractivity contribution is -0.683. The topological polar surface area (TPSA) is 42.2 Å². The molecule has 0 atom stereocenters. The van der Waals surface area contributed by atoms with E-state index in [2.05, 4.69) is 47.6 Å². The fraction of sp³-hybridized carbons (Fsp3) is 0.500. The molecule has 38 heavy (non-hydrogen) atoms. The number of aryl methyl sites for hydroxylation is 1. The number of aromatic nitrogens is 1. The predicted molar refractivity (Wildman–Crippen MR) is 156 cm³/mol. The third-order valence-corrected chi connectivity index (χ3v) is 7.54. The van der Waals surface area contributed by atoms with Crippen molar-refractivity contribution >= 4 is 22.9 Å². The second-order valence-electron chi connectivity index (χ2n) is 10.0. The fourth-order valence-electron chi connectivity index (χ4n) is 4.54. The summed E-state index contributed by atoms with van der Waals surface area (Å²) in [5.41, 5.74) is 4.69. The van der Waals surface area contributed by atoms with E-state index in [1.807, 2.05) is 36.4 Å². The van der Waals surface area contributed by atoms with Crippen molar-refractivity contribution in [2.75, 3.05) is 11.9 Å². The Balaban J connectivity index is 0.00000507. The first-order chi connectivity index (χ1) is 18.2. The summed E-state index contributed by atoms with van der Waals surface area (Å²) in [6.45, 7) is 5.86. The third kappa shape index (κ3) is 12.1. The van der Waals surface area contributed by atoms with Crippen molar-refractivity contribution in [1.82, 2.24) is 0 Å². The number of amides is 1. The van der Waals surface area contributed by atoms with Crippen molar-refractivity contribution < 1.29 is 31.1 Å². The normalized spacial score (nSPS) is 10.7. The van der Waals surface area contributed by atoms with Gasteiger partial charge in [0, 0.05) is 11.3 Å². The molecule has 6 heteroatoms. The van der Waals surface area contributed by atoms with Gasteiger partial charge in [-0.25, -0.2) is 0 Å². The summed E-state index contributed by atoms with van der Waals surface area (Å²) in [6, 6.07) is 15.6. The van der Waals surface area contributed by atoms with Crippen LogP contribution in [0.25, 0.3) is 0 Å². The number of unbranched alkanes of at least 4 members (excludes halogenated alkanes) is 11. The Morgan fingerprint density at radius 2 is 1.45 bits per heavy atom. The summed E-state index contributed by atoms with van der Waals surface area (Å²) >= 11 is 1.74. The average Bonchev–Trinajstić information content (AvgIpc) is 3.32. The van der Waals surface area contributed by atoms with E-state index in [4.69, 9.17) is 4.74 Å². The van der Waals surface area contributed by atoms with Crippen LogP contribution in [0.3, 0.4) is 0 Å². The number of hydrogen-bond acceptors (Lipinski definition) is 3. The van der Waals surface area contributed by atoms with Gasteiger partial charge in [0.2, 0.25) is 5.51 Å². The lowest BCUT2D eigenvalue weighted by Gasteiger charge is -2.12. The van der Waals surface area contributed by atoms with E-state index in [0.29, 0.717) is 17.9 Å². The van der Waals surface area contributed by atoms with Gasteiger partial charge >= 0.3 is 0 Å². The van der Waals surface area contributed by atoms with Crippen LogP contribution in [0.1, 0.15) is 105 Å². The molecule has 0 aliphatic heterocycles. The Morgan fingerprint density at radius 1 is 0.842 bits per heavy atom. The number of para-hydroxylation sites is 1. The van der Waals surface area contributed by atoms with Crippen LogP contribution < -0.4 is 31.6 Å². The molecule has 0 aliphatic carbocycles. The van der Waals surface area contributed by atoms with Gasteiger partial charge in [-0.05, 0) is 37.6 Å². The van der Waals surface area contributed by atoms with Gasteiger partial charge in [-0.3, -0.25) is 4.79 Å². The van der Waals surface area contributed by atoms with Crippen LogP contribution in [-0.2, 0) is 6.54 Å². The summed E-state index contributed by atoms with van der Waals surface area (Å²) in [4.78, 5) is 14.2. The molecule has 1 N–H and O–H groups in total. The molecule has 208 valence electrons. The van der Waals surface area contributed by atoms with Gasteiger partial charge in [0.1, 0.15) is 5.75 Å². The molecule has 0 saturated heterocycles. The molecule has 0 spiro atoms. The maximum absolute atomic E-state index is 13.0. The maximum Gasteiger partial charge on any atom is 0.259 e. The van der Waals surface area contributed by atoms with E-state index < -0.39 is 0 Å². The number of nitrogens with one attached hydrogen (secondary N) is 1. The third-order valence-electron chi connectivity index (χ3n) is 6.69. The summed E-state index contributed by atoms with van der Waals surface area (Å²) in [6.07, 6.45) is 18.0. The van der Waals surface area contributed by atoms with Gasteiger partial charge in [-0.15, -0.1) is 0 Å². The van der Waals surface area contributed by atoms with Crippen molar-refractivity contribution in [3.8, 4) is 5.75 Å². The van der Waals surface area contributed by atoms with Crippen LogP contribution >= 0.6 is 11.3 Å². The fourth-order valence-corrected chi connectivity index (χ4v) is 5.17. The highest BCUT2D eigenvalue weighted by Gasteiger charge is 2.13. The first-order valence-electron chi connectivity index (χ1n) is 14.2. The summed E-state index contributed by atoms with van der Waals surface area (Å²) < 4.78 is 8.19. The standard InChI is InChI=1S/C32H44N2O2S.BrH/c1-3-4-5-6-7-8-9-10-11-12-13-16-23-36-31-18-15-14-17-30(31)32(35)33-29-21-19-28(20-22-29)25-34-24-27(2)37-26-34;/h14-15,17-22,24,26H,3-13,16,23,25H2,1-2H3;1H. The second kappa shape index (κ2) is 19.0. The minimum Gasteiger partial charge on any atom is -1.00 e. The van der Waals surface area contributed by atoms with Crippen LogP contribution in [0.15, 0.2) is 60.2 Å². The van der Waals surface area contributed by atoms with E-state index >= 15 is 0 Å². The van der Waals surface area contributed by atoms with Crippen LogP contribution in [0.5, 0.6) is 5.75 Å². The molecule has 2 aromatic carbocycles. The van der Waals surface area contributed by atoms with Gasteiger partial charge < -0.3 is 27.0 Å². The summed E-state index contributed by atoms with van der Waals surface area (Å²) in [5.74, 6) is 0.518. The number of hydrogen-bond donors (Lipinski definition) is 1. The van der Waals surface area contributed by atoms with Crippen LogP contribution in [0.4, 0.5) is 5.69 Å². The molecular weight excluding hydrogens is 556 g/mol. The minimum absolute atomic E-state index is 0. The molecule has 3 aromatic rings. The first-order valence-corrected chi connectivity index (χ1v) is 15.1. The number of anilines is 1. The van der Waals surface area contributed by atoms with Crippen LogP contribution in [-0.4, -0.2) is 12.5 Å². The molecule has 0 aliphatic rings. The number of carbonyl (C=O) groups is 1. The molecule has 1 heterocycles. The lowest BCUT2D eigenvalue weighted by atomic mass is 10.1. The zero-order chi connectivity index (χ0) is 26.1. The highest BCUT2D eigenvalue weighted by Crippen LogP contribution is 2.21. The predicted octanol–water partition coefficient (Wildman–Crippen LogP) is 5.73. The number of thiazole rings is 1. The van der Waals surface area contributed by atoms with Gasteiger partial charge in [-0.1, -0.05) is 113 Å². The number of ether oxygens (including phenoxy) is 1. The minimum atomic E-state index is -0.138. The SMILES string of the molecule is CCCCCCCCCCCCCCOc1ccccc1C(=O)Nc1ccc(C[n+]2csc(C)c2)cc1.[Br-]. The largest absolute Gasteiger partial charge is 1.00 e. The van der Waals surface area contributed by atoms with Crippen molar-refractivity contribution in [2.45, 2.75) is 97.4 Å². The zero-order valence-electron chi connectivity index (χ0n) is 23.2. The number of benzene rings is 2. The van der Waals surface area contributed by atoms with E-state index in [9.17, 15) is 4.79 Å². The Morgan fingerprint density at radius 3 is 2.05 bits per heavy atom. The number of rotatable bonds is 18. The zero-order valence-corrected chi connectivity index (χ0v) is 25.6. The Kier molecular flexibility index (Phi) is 16.0. The lowest BCUT2D eigenvalue weighted by Crippen LogP contribution is -3.00. The highest BCUT2D eigenvalue weighted by molar-refractivity contribution is 7.09. The van der Waals surface area contributed by atoms with E-state index in [1.165, 1.54) is 81.1 Å². The number of halogens is 1. The highest BCUT2D eigenvalue weighted by atomic mass is 79.9. The second-order valence-corrected chi connectivity index (χ2v) is 11.1. The van der Waals surface area contributed by atoms with Crippen molar-refractivity contribution in [3.63, 3.8) is 0 Å². The van der Waals surface area contributed by atoms with Crippen LogP contribution in [0.2, 0.25) is 0 Å². The Labute approximate surface area is 244 Å². The number of carbonyl (C=O) groups excluding carboxylic acids is 1. The smallest absolute Gasteiger partial charge is 0.259 e. The molecule has 4 nitrogen and oxygen atoms in total. The molecule has 0 saturated carbocycles. The van der Waals surface area contributed by atoms with Crippen molar-refractivity contribution in [1.29, 1.82) is 0 Å². The Bertz CT molecular complexity index is 1050. The molecular formula is C32H45BrN2O2S. The monoisotopic (exact) mass is 600 g/mol. The number of nitrogens with zero attached hydrogens (tertiary/aromatic N) is 1. The first kappa shape index (κ1) is 32.0. The van der Waals surface area contributed by atoms with Gasteiger partial charge in [-0.2, -0.15) is 4.57 Å². The average molecular weight is 602 g/mol. The van der Waals surface area contributed by atoms with Crippen molar-refractivity contribution in [2.24, 2.45) is 0 Å². The van der Waals surface area contributed by atoms with Crippen LogP contribution in [0, 0.1) is 6.92 Å². The maximum atomic E-state index is 13.0. The molecule has 0 bridgehead atoms. The quantitative estimate of drug-likeness (QED) is 0.150. The molecule has 0 unspecified atom stereocenters. The van der Waals surface area contributed by atoms with E-state index in [0.717, 1.165) is 18.7 Å². The van der Waals surface area contributed by atoms with Gasteiger partial charge in [0.05, 0.1) is 17.0 Å². The van der Waals surface area contributed by atoms with Crippen molar-refractivity contribution in [3.05, 3.63) is 76.2 Å². The molecule has 1 aromatic heterocycles.